The van der Waals surface area contributed by atoms with Crippen molar-refractivity contribution in [1.82, 2.24) is 10.2 Å². The van der Waals surface area contributed by atoms with Crippen molar-refractivity contribution in [1.29, 1.82) is 0 Å². The number of nitrogens with zero attached hydrogens (tertiary/aromatic N) is 2. The summed E-state index contributed by atoms with van der Waals surface area (Å²) in [6.07, 6.45) is 0. The fourth-order valence-corrected chi connectivity index (χ4v) is 1.40. The van der Waals surface area contributed by atoms with Crippen LogP contribution >= 0.6 is 11.6 Å². The van der Waals surface area contributed by atoms with Gasteiger partial charge in [0.05, 0.1) is 5.02 Å². The molecule has 100 valence electrons. The maximum Gasteiger partial charge on any atom is 0.329 e. The molecule has 0 bridgehead atoms. The van der Waals surface area contributed by atoms with Gasteiger partial charge in [0, 0.05) is 5.56 Å². The van der Waals surface area contributed by atoms with Crippen LogP contribution in [-0.4, -0.2) is 27.9 Å². The third kappa shape index (κ3) is 3.49. The lowest BCUT2D eigenvalue weighted by Crippen LogP contribution is -2.06. The van der Waals surface area contributed by atoms with Crippen LogP contribution in [-0.2, 0) is 16.1 Å². The highest BCUT2D eigenvalue weighted by atomic mass is 35.5. The van der Waals surface area contributed by atoms with Crippen LogP contribution in [0.4, 0.5) is 4.39 Å². The zero-order valence-corrected chi connectivity index (χ0v) is 10.2. The Morgan fingerprint density at radius 1 is 1.47 bits per heavy atom. The number of hydrogen-bond acceptors (Lipinski definition) is 5. The zero-order chi connectivity index (χ0) is 13.8. The minimum Gasteiger partial charge on any atom is -0.480 e. The molecular weight excluding hydrogens is 279 g/mol. The first kappa shape index (κ1) is 13.4. The van der Waals surface area contributed by atoms with E-state index in [2.05, 4.69) is 10.2 Å². The van der Waals surface area contributed by atoms with Crippen LogP contribution < -0.4 is 0 Å². The van der Waals surface area contributed by atoms with Gasteiger partial charge < -0.3 is 14.3 Å². The van der Waals surface area contributed by atoms with Crippen molar-refractivity contribution in [3.8, 4) is 11.5 Å². The Kier molecular flexibility index (Phi) is 4.08. The zero-order valence-electron chi connectivity index (χ0n) is 9.47. The Morgan fingerprint density at radius 2 is 2.26 bits per heavy atom. The van der Waals surface area contributed by atoms with Crippen molar-refractivity contribution < 1.29 is 23.4 Å². The lowest BCUT2D eigenvalue weighted by Gasteiger charge is -1.97. The van der Waals surface area contributed by atoms with E-state index in [1.165, 1.54) is 12.1 Å². The van der Waals surface area contributed by atoms with E-state index in [0.717, 1.165) is 6.07 Å². The van der Waals surface area contributed by atoms with Crippen LogP contribution in [0.15, 0.2) is 22.6 Å². The number of aliphatic carboxylic acids is 1. The molecule has 0 aliphatic carbocycles. The van der Waals surface area contributed by atoms with Crippen LogP contribution in [0.1, 0.15) is 5.89 Å². The Morgan fingerprint density at radius 3 is 2.95 bits per heavy atom. The molecule has 0 fully saturated rings. The highest BCUT2D eigenvalue weighted by Crippen LogP contribution is 2.23. The Labute approximate surface area is 111 Å². The third-order valence-electron chi connectivity index (χ3n) is 2.08. The summed E-state index contributed by atoms with van der Waals surface area (Å²) in [7, 11) is 0. The summed E-state index contributed by atoms with van der Waals surface area (Å²) in [5.41, 5.74) is 0.374. The molecule has 19 heavy (non-hydrogen) atoms. The highest BCUT2D eigenvalue weighted by molar-refractivity contribution is 6.30. The first-order valence-corrected chi connectivity index (χ1v) is 5.51. The number of carboxylic acid groups (broad SMARTS) is 1. The second-order valence-corrected chi connectivity index (χ2v) is 3.92. The van der Waals surface area contributed by atoms with E-state index >= 15 is 0 Å². The highest BCUT2D eigenvalue weighted by Gasteiger charge is 2.11. The largest absolute Gasteiger partial charge is 0.480 e. The van der Waals surface area contributed by atoms with E-state index in [9.17, 15) is 9.18 Å². The fraction of sp³-hybridized carbons (Fsp3) is 0.182. The van der Waals surface area contributed by atoms with Gasteiger partial charge in [-0.15, -0.1) is 10.2 Å². The lowest BCUT2D eigenvalue weighted by molar-refractivity contribution is -0.142. The van der Waals surface area contributed by atoms with Gasteiger partial charge in [0.1, 0.15) is 19.0 Å². The van der Waals surface area contributed by atoms with Gasteiger partial charge in [-0.3, -0.25) is 0 Å². The molecule has 0 unspecified atom stereocenters. The third-order valence-corrected chi connectivity index (χ3v) is 2.39. The minimum absolute atomic E-state index is 0.00622. The normalized spacial score (nSPS) is 10.6. The molecule has 2 aromatic rings. The average molecular weight is 287 g/mol. The molecule has 0 amide bonds. The van der Waals surface area contributed by atoms with Crippen LogP contribution in [0.25, 0.3) is 11.5 Å². The fourth-order valence-electron chi connectivity index (χ4n) is 1.28. The van der Waals surface area contributed by atoms with Crippen LogP contribution in [0.2, 0.25) is 5.02 Å². The molecule has 8 heteroatoms. The molecule has 6 nitrogen and oxygen atoms in total. The van der Waals surface area contributed by atoms with Gasteiger partial charge >= 0.3 is 5.97 Å². The summed E-state index contributed by atoms with van der Waals surface area (Å²) in [4.78, 5) is 10.2. The number of halogens is 2. The van der Waals surface area contributed by atoms with E-state index in [4.69, 9.17) is 25.9 Å². The quantitative estimate of drug-likeness (QED) is 0.906. The second kappa shape index (κ2) is 5.77. The van der Waals surface area contributed by atoms with Gasteiger partial charge in [0.2, 0.25) is 11.8 Å². The first-order valence-electron chi connectivity index (χ1n) is 5.13. The van der Waals surface area contributed by atoms with E-state index in [-0.39, 0.29) is 23.4 Å². The molecule has 0 aliphatic heterocycles. The van der Waals surface area contributed by atoms with Crippen LogP contribution in [0.3, 0.4) is 0 Å². The molecule has 0 saturated carbocycles. The van der Waals surface area contributed by atoms with Crippen LogP contribution in [0.5, 0.6) is 0 Å². The number of aromatic nitrogens is 2. The average Bonchev–Trinajstić information content (AvgIpc) is 2.81. The summed E-state index contributed by atoms with van der Waals surface area (Å²) in [6, 6.07) is 4.07. The van der Waals surface area contributed by atoms with E-state index < -0.39 is 18.4 Å². The molecule has 1 aromatic heterocycles. The Hall–Kier alpha value is -1.99. The number of carbonyl (C=O) groups is 1. The summed E-state index contributed by atoms with van der Waals surface area (Å²) in [6.45, 7) is -0.595. The molecular formula is C11H8ClFN2O4. The molecule has 1 N–H and O–H groups in total. The van der Waals surface area contributed by atoms with Gasteiger partial charge in [-0.05, 0) is 18.2 Å². The molecule has 0 radical (unpaired) electrons. The van der Waals surface area contributed by atoms with Crippen molar-refractivity contribution in [2.24, 2.45) is 0 Å². The molecule has 0 spiro atoms. The Balaban J connectivity index is 2.07. The summed E-state index contributed by atoms with van der Waals surface area (Å²) in [5, 5.41) is 15.7. The Bertz CT molecular complexity index is 602. The molecule has 0 saturated heterocycles. The van der Waals surface area contributed by atoms with Gasteiger partial charge in [-0.25, -0.2) is 9.18 Å². The van der Waals surface area contributed by atoms with Crippen molar-refractivity contribution >= 4 is 17.6 Å². The summed E-state index contributed by atoms with van der Waals surface area (Å²) < 4.78 is 23.2. The summed E-state index contributed by atoms with van der Waals surface area (Å²) >= 11 is 5.55. The van der Waals surface area contributed by atoms with Gasteiger partial charge in [0.15, 0.2) is 0 Å². The molecule has 0 aliphatic rings. The SMILES string of the molecule is O=C(O)COCc1nnc(-c2ccc(Cl)c(F)c2)o1. The number of carboxylic acids is 1. The summed E-state index contributed by atoms with van der Waals surface area (Å²) in [5.74, 6) is -1.49. The molecule has 1 heterocycles. The number of benzene rings is 1. The van der Waals surface area contributed by atoms with Crippen molar-refractivity contribution in [3.05, 3.63) is 34.9 Å². The standard InChI is InChI=1S/C11H8ClFN2O4/c12-7-2-1-6(3-8(7)13)11-15-14-9(19-11)4-18-5-10(16)17/h1-3H,4-5H2,(H,16,17). The van der Waals surface area contributed by atoms with Crippen LogP contribution in [0, 0.1) is 5.82 Å². The van der Waals surface area contributed by atoms with Crippen molar-refractivity contribution in [2.75, 3.05) is 6.61 Å². The van der Waals surface area contributed by atoms with Gasteiger partial charge in [-0.2, -0.15) is 0 Å². The van der Waals surface area contributed by atoms with E-state index in [1.807, 2.05) is 0 Å². The van der Waals surface area contributed by atoms with Crippen molar-refractivity contribution in [3.63, 3.8) is 0 Å². The maximum absolute atomic E-state index is 13.3. The maximum atomic E-state index is 13.3. The topological polar surface area (TPSA) is 85.5 Å². The predicted molar refractivity (Wildman–Crippen MR) is 62.0 cm³/mol. The molecule has 1 aromatic carbocycles. The van der Waals surface area contributed by atoms with E-state index in [1.54, 1.807) is 0 Å². The second-order valence-electron chi connectivity index (χ2n) is 3.52. The first-order chi connectivity index (χ1) is 9.06. The lowest BCUT2D eigenvalue weighted by atomic mass is 10.2. The predicted octanol–water partition coefficient (Wildman–Crippen LogP) is 2.13. The smallest absolute Gasteiger partial charge is 0.329 e. The minimum atomic E-state index is -1.10. The van der Waals surface area contributed by atoms with Gasteiger partial charge in [0.25, 0.3) is 0 Å². The molecule has 2 rings (SSSR count). The van der Waals surface area contributed by atoms with Crippen molar-refractivity contribution in [2.45, 2.75) is 6.61 Å². The van der Waals surface area contributed by atoms with Gasteiger partial charge in [-0.1, -0.05) is 11.6 Å². The number of ether oxygens (including phenoxy) is 1. The number of rotatable bonds is 5. The molecule has 0 atom stereocenters. The monoisotopic (exact) mass is 286 g/mol. The van der Waals surface area contributed by atoms with E-state index in [0.29, 0.717) is 5.56 Å². The number of hydrogen-bond donors (Lipinski definition) is 1.